The Hall–Kier alpha value is -1.81. The van der Waals surface area contributed by atoms with Gasteiger partial charge in [0, 0.05) is 34.1 Å². The third-order valence-electron chi connectivity index (χ3n) is 22.0. The number of nitriles is 4. The van der Waals surface area contributed by atoms with Gasteiger partial charge in [-0.2, -0.15) is 25.4 Å². The first-order chi connectivity index (χ1) is 61.2. The maximum atomic E-state index is 12.3. The Labute approximate surface area is 769 Å². The van der Waals surface area contributed by atoms with Crippen LogP contribution in [0, 0.1) is 74.9 Å². The standard InChI is InChI=1S/C27H41NO9P2.C20H39NO13P4.C20H38NO5P.C18H34NO4P/c1-6-8-9-13-21(7-2)18-33-39(5,32-17-12-16-28)37-25-20(3)34-24(26(25)30-4)19-31-38-35-23-15-11-10-14-22(23)27(29)36-38;1-6-8-9-11-17(7-2)14-29-36(5,28-13-10-12-21)31-19-16(3)30-18(20(19)26-4)15-27-35-32-37(22,23)34-38(24,25)33-35;1-6-9-10-12-17(7-2)15-24-27(23-14-11-13-21)26-19-16(4)25-18(8-3)20(19)22-5;1-8-15-17(20-7)16(14(6)22-15)23-24(21-11-9-10-19)18(12(2)3)13(4)5/h10-11,14-15,20-21,24-26H,5-9,12-13,17-19H2,1-4H3;16-20H,5-11,13-15H2,1-4H3,(H,22,23)(H,24,25);16-20H,6-12,14-15H2,1-5H3;12-18H,8-9,11H2,1-7H3/t20-,21?,24+,25?,26-,38?,39?;16-,17?,18+,19?,20-,36?;16-,17?,18+,19?,20-,27?;14-,15+,16?,17-,24?/m0000/s1. The van der Waals surface area contributed by atoms with Gasteiger partial charge < -0.3 is 111 Å². The Kier molecular flexibility index (Phi) is 59.6. The molecule has 1 aromatic rings. The monoisotopic (exact) mass is 1970 g/mol. The molecular weight excluding hydrogens is 1820 g/mol. The molecule has 14 unspecified atom stereocenters. The molecule has 26 atom stereocenters. The third-order valence-corrected chi connectivity index (χ3v) is 34.8. The van der Waals surface area contributed by atoms with E-state index in [4.69, 9.17) is 127 Å². The summed E-state index contributed by atoms with van der Waals surface area (Å²) in [5.41, 5.74) is 0.667. The number of carbonyl (C=O) groups is 1. The first kappa shape index (κ1) is 118. The second-order valence-corrected chi connectivity index (χ2v) is 44.8. The molecule has 43 heteroatoms. The van der Waals surface area contributed by atoms with E-state index in [0.717, 1.165) is 83.5 Å². The van der Waals surface area contributed by atoms with E-state index in [2.05, 4.69) is 127 Å². The molecule has 6 aliphatic rings. The molecule has 5 fully saturated rings. The zero-order valence-electron chi connectivity index (χ0n) is 79.2. The molecule has 0 amide bonds. The molecule has 6 aliphatic heterocycles. The predicted octanol–water partition coefficient (Wildman–Crippen LogP) is 21.7. The highest BCUT2D eigenvalue weighted by atomic mass is 31.3. The summed E-state index contributed by atoms with van der Waals surface area (Å²) in [5, 5.41) is 35.5. The molecule has 0 spiro atoms. The Morgan fingerprint density at radius 2 is 0.867 bits per heavy atom. The molecule has 0 bridgehead atoms. The molecule has 0 saturated carbocycles. The Morgan fingerprint density at radius 3 is 1.27 bits per heavy atom. The van der Waals surface area contributed by atoms with E-state index in [1.807, 2.05) is 26.8 Å². The molecule has 128 heavy (non-hydrogen) atoms. The fourth-order valence-corrected chi connectivity index (χ4v) is 26.8. The molecule has 5 saturated heterocycles. The van der Waals surface area contributed by atoms with Gasteiger partial charge in [-0.25, -0.2) is 22.5 Å². The molecule has 0 aliphatic carbocycles. The van der Waals surface area contributed by atoms with E-state index in [9.17, 15) is 23.7 Å². The van der Waals surface area contributed by atoms with Gasteiger partial charge in [0.15, 0.2) is 8.38 Å². The van der Waals surface area contributed by atoms with E-state index in [1.165, 1.54) is 32.8 Å². The topological polar surface area (TPSA) is 427 Å². The molecule has 1 aromatic carbocycles. The van der Waals surface area contributed by atoms with Crippen molar-refractivity contribution in [3.05, 3.63) is 29.8 Å². The van der Waals surface area contributed by atoms with Crippen LogP contribution in [-0.4, -0.2) is 220 Å². The molecule has 2 N–H and O–H groups in total. The number of methoxy groups -OCH3 is 4. The van der Waals surface area contributed by atoms with Crippen molar-refractivity contribution in [1.29, 1.82) is 21.0 Å². The van der Waals surface area contributed by atoms with Crippen molar-refractivity contribution in [3.63, 3.8) is 0 Å². The number of nitrogens with zero attached hydrogens (tertiary/aromatic N) is 4. The van der Waals surface area contributed by atoms with E-state index in [-0.39, 0.29) is 94.2 Å². The number of unbranched alkanes of at least 4 members (excludes halogenated alkanes) is 6. The van der Waals surface area contributed by atoms with Gasteiger partial charge in [0.2, 0.25) is 0 Å². The molecule has 7 rings (SSSR count). The molecule has 0 radical (unpaired) electrons. The molecule has 738 valence electrons. The number of ether oxygens (including phenoxy) is 8. The smallest absolute Gasteiger partial charge is 0.417 e. The maximum Gasteiger partial charge on any atom is 0.488 e. The number of para-hydroxylation sites is 1. The lowest BCUT2D eigenvalue weighted by molar-refractivity contribution is -0.0314. The minimum Gasteiger partial charge on any atom is -0.417 e. The van der Waals surface area contributed by atoms with E-state index >= 15 is 0 Å². The fourth-order valence-electron chi connectivity index (χ4n) is 14.9. The average Bonchev–Trinajstić information content (AvgIpc) is 1.61. The van der Waals surface area contributed by atoms with Crippen LogP contribution in [0.1, 0.15) is 256 Å². The first-order valence-electron chi connectivity index (χ1n) is 45.2. The predicted molar refractivity (Wildman–Crippen MR) is 493 cm³/mol. The lowest BCUT2D eigenvalue weighted by atomic mass is 10.00. The highest BCUT2D eigenvalue weighted by Crippen LogP contribution is 2.76. The van der Waals surface area contributed by atoms with Crippen LogP contribution < -0.4 is 4.52 Å². The maximum absolute atomic E-state index is 12.3. The third kappa shape index (κ3) is 41.5. The highest BCUT2D eigenvalue weighted by molar-refractivity contribution is 7.73. The second kappa shape index (κ2) is 64.4. The van der Waals surface area contributed by atoms with E-state index in [0.29, 0.717) is 92.4 Å². The Balaban J connectivity index is 0.000000365. The van der Waals surface area contributed by atoms with Crippen molar-refractivity contribution in [1.82, 2.24) is 0 Å². The summed E-state index contributed by atoms with van der Waals surface area (Å²) < 4.78 is 173. The highest BCUT2D eigenvalue weighted by Gasteiger charge is 2.53. The first-order valence-corrected chi connectivity index (χ1v) is 56.2. The number of hydrogen-bond acceptors (Lipinski definition) is 33. The van der Waals surface area contributed by atoms with Crippen molar-refractivity contribution >= 4 is 83.5 Å². The SMILES string of the molecule is C=P(OCCC#N)(OCC(CC)CCCCC)OC1[C@H](C)O[C@H](COP2OC(=O)c3ccccc3O2)[C@@H]1OC.C=P(OCCC#N)(OCC(CC)CCCCC)OC1[C@H](C)O[C@H](COP2OP(=O)(O)OP(=O)(O)O2)[C@@H]1OC.CCCCCC(CC)COP(OCCC#N)OC1[C@H](C)O[C@H](CC)[C@@H]1OC.CC[C@H]1O[C@@H](C)C(OP(OCCC#N)C(C(C)C)C(C)C)[C@H]1OC. The minimum absolute atomic E-state index is 0.0170. The molecular formula is C85H152N4O31P8. The van der Waals surface area contributed by atoms with E-state index in [1.54, 1.807) is 52.5 Å². The van der Waals surface area contributed by atoms with Crippen LogP contribution in [0.25, 0.3) is 0 Å². The van der Waals surface area contributed by atoms with Gasteiger partial charge in [-0.1, -0.05) is 172 Å². The normalized spacial score (nSPS) is 30.0. The van der Waals surface area contributed by atoms with Crippen LogP contribution in [-0.2, 0) is 123 Å². The van der Waals surface area contributed by atoms with Gasteiger partial charge in [-0.05, 0) is 114 Å². The number of benzene rings is 1. The fraction of sp³-hybridized carbons (Fsp3) is 0.847. The summed E-state index contributed by atoms with van der Waals surface area (Å²) in [6, 6.07) is 15.2. The van der Waals surface area contributed by atoms with Crippen LogP contribution in [0.3, 0.4) is 0 Å². The van der Waals surface area contributed by atoms with Gasteiger partial charge in [-0.3, -0.25) is 4.52 Å². The van der Waals surface area contributed by atoms with E-state index < -0.39 is 114 Å². The number of rotatable bonds is 59. The zero-order chi connectivity index (χ0) is 95.0. The quantitative estimate of drug-likeness (QED) is 0.0452. The molecule has 35 nitrogen and oxygen atoms in total. The zero-order valence-corrected chi connectivity index (χ0v) is 86.4. The van der Waals surface area contributed by atoms with Gasteiger partial charge >= 0.3 is 47.4 Å². The number of hydrogen-bond donors (Lipinski definition) is 2. The average molecular weight is 1970 g/mol. The van der Waals surface area contributed by atoms with Gasteiger partial charge in [0.25, 0.3) is 15.1 Å². The minimum atomic E-state index is -4.83. The van der Waals surface area contributed by atoms with Crippen LogP contribution >= 0.6 is 65.0 Å². The number of phosphoric acid groups is 2. The summed E-state index contributed by atoms with van der Waals surface area (Å²) in [4.78, 5) is 31.2. The lowest BCUT2D eigenvalue weighted by Crippen LogP contribution is -2.37. The Bertz CT molecular complexity index is 3580. The van der Waals surface area contributed by atoms with Gasteiger partial charge in [0.1, 0.15) is 72.4 Å². The van der Waals surface area contributed by atoms with Crippen molar-refractivity contribution in [2.45, 2.75) is 349 Å². The van der Waals surface area contributed by atoms with Crippen LogP contribution in [0.5, 0.6) is 5.75 Å². The largest absolute Gasteiger partial charge is 0.488 e. The molecule has 0 aromatic heterocycles. The van der Waals surface area contributed by atoms with Gasteiger partial charge in [0.05, 0.1) is 146 Å². The lowest BCUT2D eigenvalue weighted by Gasteiger charge is -2.35. The van der Waals surface area contributed by atoms with Gasteiger partial charge in [-0.15, -0.1) is 0 Å². The number of carbonyl (C=O) groups excluding carboxylic acids is 1. The summed E-state index contributed by atoms with van der Waals surface area (Å²) >= 11 is 0. The van der Waals surface area contributed by atoms with Crippen molar-refractivity contribution in [2.24, 2.45) is 29.6 Å². The number of fused-ring (bicyclic) bond motifs is 1. The second-order valence-electron chi connectivity index (χ2n) is 32.5. The summed E-state index contributed by atoms with van der Waals surface area (Å²) in [5.74, 6) is 1.98. The van der Waals surface area contributed by atoms with Crippen molar-refractivity contribution in [3.8, 4) is 30.0 Å². The summed E-state index contributed by atoms with van der Waals surface area (Å²) in [7, 11) is -16.7. The molecule has 6 heterocycles. The summed E-state index contributed by atoms with van der Waals surface area (Å²) in [6.45, 7) is 35.8. The summed E-state index contributed by atoms with van der Waals surface area (Å²) in [6.07, 6.45) is 22.5. The Morgan fingerprint density at radius 1 is 0.484 bits per heavy atom. The van der Waals surface area contributed by atoms with Crippen LogP contribution in [0.2, 0.25) is 0 Å². The van der Waals surface area contributed by atoms with Crippen molar-refractivity contribution in [2.75, 3.05) is 87.9 Å². The van der Waals surface area contributed by atoms with Crippen molar-refractivity contribution < 1.29 is 142 Å². The van der Waals surface area contributed by atoms with Crippen LogP contribution in [0.15, 0.2) is 24.3 Å². The van der Waals surface area contributed by atoms with Crippen LogP contribution in [0.4, 0.5) is 0 Å².